The van der Waals surface area contributed by atoms with Crippen molar-refractivity contribution in [2.45, 2.75) is 6.92 Å². The Labute approximate surface area is 147 Å². The fraction of sp³-hybridized carbons (Fsp3) is 0.133. The van der Waals surface area contributed by atoms with Crippen LogP contribution in [0.1, 0.15) is 12.5 Å². The average molecular weight is 365 g/mol. The second-order valence-corrected chi connectivity index (χ2v) is 5.46. The van der Waals surface area contributed by atoms with E-state index in [1.54, 1.807) is 24.3 Å². The third-order valence-electron chi connectivity index (χ3n) is 3.06. The Kier molecular flexibility index (Phi) is 4.68. The number of aromatic nitrogens is 3. The summed E-state index contributed by atoms with van der Waals surface area (Å²) in [5, 5.41) is 21.1. The minimum Gasteiger partial charge on any atom is -0.503 e. The number of rotatable bonds is 5. The third-order valence-corrected chi connectivity index (χ3v) is 3.62. The number of aromatic amines is 1. The van der Waals surface area contributed by atoms with Gasteiger partial charge < -0.3 is 14.3 Å². The van der Waals surface area contributed by atoms with E-state index in [-0.39, 0.29) is 16.5 Å². The molecule has 0 radical (unpaired) electrons. The van der Waals surface area contributed by atoms with Gasteiger partial charge in [-0.2, -0.15) is 9.78 Å². The molecule has 0 bridgehead atoms. The summed E-state index contributed by atoms with van der Waals surface area (Å²) < 4.78 is 12.4. The number of phenols is 1. The number of nitrogens with zero attached hydrogens (tertiary/aromatic N) is 3. The molecule has 7 nitrogen and oxygen atoms in total. The van der Waals surface area contributed by atoms with Crippen LogP contribution in [0.2, 0.25) is 5.02 Å². The molecular formula is C15H13ClN4O3S. The molecule has 0 aliphatic heterocycles. The number of ether oxygens (including phenoxy) is 1. The molecule has 9 heteroatoms. The molecule has 0 saturated heterocycles. The quantitative estimate of drug-likeness (QED) is 0.530. The lowest BCUT2D eigenvalue weighted by molar-refractivity contribution is 0.318. The maximum atomic E-state index is 9.87. The lowest BCUT2D eigenvalue weighted by atomic mass is 10.2. The Morgan fingerprint density at radius 3 is 3.08 bits per heavy atom. The first-order chi connectivity index (χ1) is 11.6. The van der Waals surface area contributed by atoms with Crippen LogP contribution in [0.25, 0.3) is 11.6 Å². The molecule has 2 heterocycles. The highest BCUT2D eigenvalue weighted by atomic mass is 35.5. The first kappa shape index (κ1) is 16.3. The van der Waals surface area contributed by atoms with Crippen LogP contribution in [0.4, 0.5) is 0 Å². The third kappa shape index (κ3) is 3.19. The Balaban J connectivity index is 1.98. The van der Waals surface area contributed by atoms with Crippen molar-refractivity contribution in [3.8, 4) is 23.1 Å². The Bertz CT molecular complexity index is 931. The van der Waals surface area contributed by atoms with Crippen LogP contribution in [0.15, 0.2) is 40.0 Å². The summed E-state index contributed by atoms with van der Waals surface area (Å²) in [4.78, 5) is 0. The van der Waals surface area contributed by atoms with Crippen LogP contribution in [0, 0.1) is 4.77 Å². The number of benzene rings is 1. The number of furan rings is 1. The van der Waals surface area contributed by atoms with E-state index in [1.807, 2.05) is 6.92 Å². The number of H-pyrrole nitrogens is 1. The molecule has 2 N–H and O–H groups in total. The largest absolute Gasteiger partial charge is 0.503 e. The maximum Gasteiger partial charge on any atom is 0.219 e. The molecule has 0 aliphatic rings. The fourth-order valence-corrected chi connectivity index (χ4v) is 2.42. The molecule has 3 aromatic rings. The van der Waals surface area contributed by atoms with Crippen molar-refractivity contribution >= 4 is 30.0 Å². The van der Waals surface area contributed by atoms with E-state index in [0.717, 1.165) is 0 Å². The second-order valence-electron chi connectivity index (χ2n) is 4.67. The fourth-order valence-electron chi connectivity index (χ4n) is 2.02. The van der Waals surface area contributed by atoms with Gasteiger partial charge in [0.25, 0.3) is 0 Å². The summed E-state index contributed by atoms with van der Waals surface area (Å²) in [5.41, 5.74) is 0.634. The number of halogens is 1. The number of hydrogen-bond donors (Lipinski definition) is 2. The van der Waals surface area contributed by atoms with Gasteiger partial charge in [0, 0.05) is 0 Å². The molecule has 0 atom stereocenters. The van der Waals surface area contributed by atoms with E-state index in [0.29, 0.717) is 28.5 Å². The minimum absolute atomic E-state index is 0.105. The molecule has 1 aromatic carbocycles. The van der Waals surface area contributed by atoms with E-state index in [4.69, 9.17) is 33.0 Å². The van der Waals surface area contributed by atoms with Gasteiger partial charge in [-0.25, -0.2) is 5.10 Å². The van der Waals surface area contributed by atoms with Crippen LogP contribution in [0.3, 0.4) is 0 Å². The van der Waals surface area contributed by atoms with Gasteiger partial charge in [0.15, 0.2) is 17.3 Å². The van der Waals surface area contributed by atoms with E-state index in [2.05, 4.69) is 15.3 Å². The van der Waals surface area contributed by atoms with Gasteiger partial charge in [-0.05, 0) is 49.0 Å². The van der Waals surface area contributed by atoms with Gasteiger partial charge in [0.05, 0.1) is 24.1 Å². The Morgan fingerprint density at radius 1 is 1.54 bits per heavy atom. The van der Waals surface area contributed by atoms with Crippen molar-refractivity contribution in [3.05, 3.63) is 45.9 Å². The van der Waals surface area contributed by atoms with Crippen molar-refractivity contribution in [3.63, 3.8) is 0 Å². The van der Waals surface area contributed by atoms with Crippen molar-refractivity contribution < 1.29 is 14.3 Å². The summed E-state index contributed by atoms with van der Waals surface area (Å²) >= 11 is 11.2. The first-order valence-corrected chi connectivity index (χ1v) is 7.79. The number of phenolic OH excluding ortho intramolecular Hbond substituents is 1. The summed E-state index contributed by atoms with van der Waals surface area (Å²) in [6, 6.07) is 6.69. The van der Waals surface area contributed by atoms with Crippen molar-refractivity contribution in [2.75, 3.05) is 6.61 Å². The molecular weight excluding hydrogens is 352 g/mol. The summed E-state index contributed by atoms with van der Waals surface area (Å²) in [7, 11) is 0. The number of nitrogens with one attached hydrogen (secondary N) is 1. The Morgan fingerprint density at radius 2 is 2.38 bits per heavy atom. The van der Waals surface area contributed by atoms with E-state index in [1.165, 1.54) is 17.2 Å². The van der Waals surface area contributed by atoms with E-state index < -0.39 is 0 Å². The molecule has 0 amide bonds. The first-order valence-electron chi connectivity index (χ1n) is 7.01. The smallest absolute Gasteiger partial charge is 0.219 e. The Hall–Kier alpha value is -2.58. The monoisotopic (exact) mass is 364 g/mol. The molecule has 0 unspecified atom stereocenters. The van der Waals surface area contributed by atoms with Gasteiger partial charge in [-0.1, -0.05) is 11.6 Å². The molecule has 124 valence electrons. The lowest BCUT2D eigenvalue weighted by Gasteiger charge is -2.08. The van der Waals surface area contributed by atoms with Crippen LogP contribution in [-0.2, 0) is 0 Å². The highest BCUT2D eigenvalue weighted by molar-refractivity contribution is 7.71. The molecule has 24 heavy (non-hydrogen) atoms. The SMILES string of the molecule is CCOc1cc(/C=N\n2c(-c3ccco3)n[nH]c2=S)cc(Cl)c1O. The van der Waals surface area contributed by atoms with Gasteiger partial charge in [0.1, 0.15) is 0 Å². The highest BCUT2D eigenvalue weighted by Crippen LogP contribution is 2.34. The summed E-state index contributed by atoms with van der Waals surface area (Å²) in [6.07, 6.45) is 3.07. The molecule has 3 rings (SSSR count). The molecule has 0 saturated carbocycles. The van der Waals surface area contributed by atoms with Gasteiger partial charge in [0.2, 0.25) is 10.6 Å². The predicted octanol–water partition coefficient (Wildman–Crippen LogP) is 3.84. The average Bonchev–Trinajstić information content (AvgIpc) is 3.20. The van der Waals surface area contributed by atoms with Crippen molar-refractivity contribution in [1.29, 1.82) is 0 Å². The van der Waals surface area contributed by atoms with Gasteiger partial charge in [-0.15, -0.1) is 5.10 Å². The topological polar surface area (TPSA) is 88.6 Å². The zero-order chi connectivity index (χ0) is 17.1. The molecule has 0 fully saturated rings. The van der Waals surface area contributed by atoms with Crippen molar-refractivity contribution in [1.82, 2.24) is 14.9 Å². The standard InChI is InChI=1S/C15H13ClN4O3S/c1-2-22-12-7-9(6-10(16)13(12)21)8-17-20-14(18-19-15(20)24)11-4-3-5-23-11/h3-8,21H,2H2,1H3,(H,19,24)/b17-8-. The zero-order valence-electron chi connectivity index (χ0n) is 12.6. The van der Waals surface area contributed by atoms with Crippen LogP contribution in [-0.4, -0.2) is 32.8 Å². The van der Waals surface area contributed by atoms with Crippen LogP contribution >= 0.6 is 23.8 Å². The van der Waals surface area contributed by atoms with E-state index >= 15 is 0 Å². The molecule has 0 spiro atoms. The van der Waals surface area contributed by atoms with Gasteiger partial charge >= 0.3 is 0 Å². The zero-order valence-corrected chi connectivity index (χ0v) is 14.1. The second kappa shape index (κ2) is 6.90. The summed E-state index contributed by atoms with van der Waals surface area (Å²) in [5.74, 6) is 1.15. The van der Waals surface area contributed by atoms with Crippen molar-refractivity contribution in [2.24, 2.45) is 5.10 Å². The van der Waals surface area contributed by atoms with Gasteiger partial charge in [-0.3, -0.25) is 0 Å². The normalized spacial score (nSPS) is 11.2. The molecule has 0 aliphatic carbocycles. The predicted molar refractivity (Wildman–Crippen MR) is 92.4 cm³/mol. The molecule has 2 aromatic heterocycles. The minimum atomic E-state index is -0.105. The van der Waals surface area contributed by atoms with Crippen LogP contribution in [0.5, 0.6) is 11.5 Å². The highest BCUT2D eigenvalue weighted by Gasteiger charge is 2.11. The van der Waals surface area contributed by atoms with E-state index in [9.17, 15) is 5.11 Å². The maximum absolute atomic E-state index is 9.87. The summed E-state index contributed by atoms with van der Waals surface area (Å²) in [6.45, 7) is 2.22. The lowest BCUT2D eigenvalue weighted by Crippen LogP contribution is -1.96. The number of hydrogen-bond acceptors (Lipinski definition) is 6. The number of aromatic hydroxyl groups is 1. The van der Waals surface area contributed by atoms with Crippen LogP contribution < -0.4 is 4.74 Å².